The average molecular weight is 493 g/mol. The molecule has 4 aromatic rings. The van der Waals surface area contributed by atoms with E-state index in [2.05, 4.69) is 15.1 Å². The molecule has 182 valence electrons. The highest BCUT2D eigenvalue weighted by atomic mass is 32.2. The normalized spacial score (nSPS) is 12.6. The molecule has 0 aliphatic heterocycles. The topological polar surface area (TPSA) is 113 Å². The molecule has 3 N–H and O–H groups in total. The van der Waals surface area contributed by atoms with Crippen molar-refractivity contribution < 1.29 is 18.3 Å². The fourth-order valence-electron chi connectivity index (χ4n) is 4.40. The van der Waals surface area contributed by atoms with Crippen LogP contribution in [0.1, 0.15) is 34.0 Å². The van der Waals surface area contributed by atoms with Gasteiger partial charge in [-0.25, -0.2) is 22.6 Å². The standard InChI is InChI=1S/C26H28N4O4S/c1-16-11-17(2)25(18(3)12-16)35(33,34)29-19(4)14-27-23-9-6-10-24-22(23)15-28-30(24)21-8-5-7-20(13-21)26(31)32/h5-13,15,19,27,29H,14H2,1-4H3,(H,31,32)/t19-/m0/s1. The fourth-order valence-corrected chi connectivity index (χ4v) is 6.10. The highest BCUT2D eigenvalue weighted by Gasteiger charge is 2.22. The first-order valence-corrected chi connectivity index (χ1v) is 12.7. The highest BCUT2D eigenvalue weighted by Crippen LogP contribution is 2.26. The largest absolute Gasteiger partial charge is 0.478 e. The molecule has 4 rings (SSSR count). The second-order valence-corrected chi connectivity index (χ2v) is 10.4. The van der Waals surface area contributed by atoms with Gasteiger partial charge in [-0.05, 0) is 69.2 Å². The van der Waals surface area contributed by atoms with E-state index < -0.39 is 16.0 Å². The first-order valence-electron chi connectivity index (χ1n) is 11.2. The molecular weight excluding hydrogens is 464 g/mol. The Balaban J connectivity index is 1.53. The van der Waals surface area contributed by atoms with Crippen molar-refractivity contribution in [2.24, 2.45) is 0 Å². The fraction of sp³-hybridized carbons (Fsp3) is 0.231. The maximum atomic E-state index is 13.1. The van der Waals surface area contributed by atoms with Gasteiger partial charge in [0.05, 0.1) is 27.9 Å². The number of aromatic carboxylic acids is 1. The van der Waals surface area contributed by atoms with E-state index in [1.807, 2.05) is 58.0 Å². The van der Waals surface area contributed by atoms with Crippen LogP contribution in [0.4, 0.5) is 5.69 Å². The maximum Gasteiger partial charge on any atom is 0.335 e. The molecule has 1 heterocycles. The number of nitrogens with zero attached hydrogens (tertiary/aromatic N) is 2. The van der Waals surface area contributed by atoms with Crippen LogP contribution in [0.25, 0.3) is 16.6 Å². The number of rotatable bonds is 8. The third-order valence-electron chi connectivity index (χ3n) is 5.78. The molecule has 1 aromatic heterocycles. The summed E-state index contributed by atoms with van der Waals surface area (Å²) < 4.78 is 30.6. The van der Waals surface area contributed by atoms with Gasteiger partial charge in [0.15, 0.2) is 0 Å². The number of anilines is 1. The van der Waals surface area contributed by atoms with Gasteiger partial charge in [0.1, 0.15) is 0 Å². The highest BCUT2D eigenvalue weighted by molar-refractivity contribution is 7.89. The molecule has 0 bridgehead atoms. The third-order valence-corrected chi connectivity index (χ3v) is 7.67. The Morgan fingerprint density at radius 1 is 1.06 bits per heavy atom. The Morgan fingerprint density at radius 2 is 1.74 bits per heavy atom. The van der Waals surface area contributed by atoms with Crippen LogP contribution in [0.2, 0.25) is 0 Å². The molecular formula is C26H28N4O4S. The summed E-state index contributed by atoms with van der Waals surface area (Å²) >= 11 is 0. The molecule has 0 aliphatic carbocycles. The van der Waals surface area contributed by atoms with Gasteiger partial charge in [-0.3, -0.25) is 0 Å². The Labute approximate surface area is 204 Å². The van der Waals surface area contributed by atoms with Gasteiger partial charge in [-0.15, -0.1) is 0 Å². The van der Waals surface area contributed by atoms with Crippen molar-refractivity contribution in [3.8, 4) is 5.69 Å². The predicted molar refractivity (Wildman–Crippen MR) is 137 cm³/mol. The van der Waals surface area contributed by atoms with Crippen LogP contribution in [-0.4, -0.2) is 41.9 Å². The molecule has 9 heteroatoms. The first-order chi connectivity index (χ1) is 16.6. The lowest BCUT2D eigenvalue weighted by Crippen LogP contribution is -2.38. The molecule has 0 amide bonds. The molecule has 3 aromatic carbocycles. The summed E-state index contributed by atoms with van der Waals surface area (Å²) in [7, 11) is -3.68. The van der Waals surface area contributed by atoms with Gasteiger partial charge in [0.25, 0.3) is 0 Å². The number of hydrogen-bond donors (Lipinski definition) is 3. The molecule has 0 spiro atoms. The number of fused-ring (bicyclic) bond motifs is 1. The molecule has 0 saturated carbocycles. The zero-order valence-corrected chi connectivity index (χ0v) is 20.8. The van der Waals surface area contributed by atoms with Crippen molar-refractivity contribution in [3.63, 3.8) is 0 Å². The molecule has 1 atom stereocenters. The summed E-state index contributed by atoms with van der Waals surface area (Å²) in [4.78, 5) is 11.7. The van der Waals surface area contributed by atoms with E-state index in [0.717, 1.165) is 33.3 Å². The van der Waals surface area contributed by atoms with E-state index in [-0.39, 0.29) is 11.6 Å². The molecule has 0 aliphatic rings. The van der Waals surface area contributed by atoms with Crippen LogP contribution in [-0.2, 0) is 10.0 Å². The molecule has 8 nitrogen and oxygen atoms in total. The smallest absolute Gasteiger partial charge is 0.335 e. The van der Waals surface area contributed by atoms with E-state index in [9.17, 15) is 18.3 Å². The SMILES string of the molecule is Cc1cc(C)c(S(=O)(=O)N[C@@H](C)CNc2cccc3c2cnn3-c2cccc(C(=O)O)c2)c(C)c1. The van der Waals surface area contributed by atoms with Gasteiger partial charge in [-0.1, -0.05) is 29.8 Å². The summed E-state index contributed by atoms with van der Waals surface area (Å²) in [6.45, 7) is 7.73. The van der Waals surface area contributed by atoms with E-state index >= 15 is 0 Å². The molecule has 35 heavy (non-hydrogen) atoms. The van der Waals surface area contributed by atoms with E-state index in [1.165, 1.54) is 6.07 Å². The minimum absolute atomic E-state index is 0.181. The van der Waals surface area contributed by atoms with Crippen LogP contribution >= 0.6 is 0 Å². The minimum Gasteiger partial charge on any atom is -0.478 e. The zero-order valence-electron chi connectivity index (χ0n) is 20.0. The van der Waals surface area contributed by atoms with Crippen LogP contribution < -0.4 is 10.0 Å². The summed E-state index contributed by atoms with van der Waals surface area (Å²) in [5.74, 6) is -1.00. The lowest BCUT2D eigenvalue weighted by atomic mass is 10.1. The maximum absolute atomic E-state index is 13.1. The summed E-state index contributed by atoms with van der Waals surface area (Å²) in [5, 5.41) is 17.9. The van der Waals surface area contributed by atoms with E-state index in [1.54, 1.807) is 29.1 Å². The zero-order chi connectivity index (χ0) is 25.3. The third kappa shape index (κ3) is 5.06. The number of sulfonamides is 1. The van der Waals surface area contributed by atoms with Crippen molar-refractivity contribution in [1.29, 1.82) is 0 Å². The van der Waals surface area contributed by atoms with Crippen molar-refractivity contribution in [3.05, 3.63) is 83.0 Å². The van der Waals surface area contributed by atoms with Gasteiger partial charge in [0, 0.05) is 23.7 Å². The van der Waals surface area contributed by atoms with Gasteiger partial charge < -0.3 is 10.4 Å². The Morgan fingerprint density at radius 3 is 2.43 bits per heavy atom. The predicted octanol–water partition coefficient (Wildman–Crippen LogP) is 4.43. The first kappa shape index (κ1) is 24.4. The molecule has 0 radical (unpaired) electrons. The van der Waals surface area contributed by atoms with Crippen LogP contribution in [0.5, 0.6) is 0 Å². The number of nitrogens with one attached hydrogen (secondary N) is 2. The lowest BCUT2D eigenvalue weighted by molar-refractivity contribution is 0.0697. The summed E-state index contributed by atoms with van der Waals surface area (Å²) in [5.41, 5.74) is 4.90. The molecule has 0 saturated heterocycles. The van der Waals surface area contributed by atoms with Gasteiger partial charge >= 0.3 is 5.97 Å². The quantitative estimate of drug-likeness (QED) is 0.335. The van der Waals surface area contributed by atoms with Crippen LogP contribution in [0.3, 0.4) is 0 Å². The lowest BCUT2D eigenvalue weighted by Gasteiger charge is -2.18. The number of benzene rings is 3. The Kier molecular flexibility index (Phi) is 6.64. The second-order valence-electron chi connectivity index (χ2n) is 8.78. The summed E-state index contributed by atoms with van der Waals surface area (Å²) in [6, 6.07) is 15.6. The van der Waals surface area contributed by atoms with Gasteiger partial charge in [-0.2, -0.15) is 5.10 Å². The van der Waals surface area contributed by atoms with Crippen LogP contribution in [0, 0.1) is 20.8 Å². The number of carbonyl (C=O) groups is 1. The van der Waals surface area contributed by atoms with Crippen molar-refractivity contribution in [1.82, 2.24) is 14.5 Å². The second kappa shape index (κ2) is 9.52. The van der Waals surface area contributed by atoms with E-state index in [4.69, 9.17) is 0 Å². The number of carboxylic acid groups (broad SMARTS) is 1. The average Bonchev–Trinajstić information content (AvgIpc) is 3.21. The van der Waals surface area contributed by atoms with Crippen molar-refractivity contribution >= 4 is 32.6 Å². The number of aryl methyl sites for hydroxylation is 3. The van der Waals surface area contributed by atoms with Crippen molar-refractivity contribution in [2.45, 2.75) is 38.6 Å². The van der Waals surface area contributed by atoms with E-state index in [0.29, 0.717) is 17.1 Å². The molecule has 0 fully saturated rings. The van der Waals surface area contributed by atoms with Gasteiger partial charge in [0.2, 0.25) is 10.0 Å². The number of aromatic nitrogens is 2. The Bertz CT molecular complexity index is 1500. The molecule has 0 unspecified atom stereocenters. The number of carboxylic acids is 1. The number of hydrogen-bond acceptors (Lipinski definition) is 5. The van der Waals surface area contributed by atoms with Crippen LogP contribution in [0.15, 0.2) is 65.7 Å². The monoisotopic (exact) mass is 492 g/mol. The summed E-state index contributed by atoms with van der Waals surface area (Å²) in [6.07, 6.45) is 1.71. The Hall–Kier alpha value is -3.69. The minimum atomic E-state index is -3.68. The van der Waals surface area contributed by atoms with Crippen molar-refractivity contribution in [2.75, 3.05) is 11.9 Å².